The van der Waals surface area contributed by atoms with Gasteiger partial charge in [-0.25, -0.2) is 9.97 Å². The molecule has 7 heteroatoms. The minimum absolute atomic E-state index is 0.472. The minimum atomic E-state index is 0.472. The van der Waals surface area contributed by atoms with E-state index in [4.69, 9.17) is 15.5 Å². The Hall–Kier alpha value is -2.67. The Bertz CT molecular complexity index is 932. The lowest BCUT2D eigenvalue weighted by Gasteiger charge is -2.22. The fourth-order valence-corrected chi connectivity index (χ4v) is 3.84. The van der Waals surface area contributed by atoms with E-state index in [1.807, 2.05) is 25.1 Å². The second kappa shape index (κ2) is 8.56. The number of benzene rings is 1. The van der Waals surface area contributed by atoms with Gasteiger partial charge in [-0.15, -0.1) is 0 Å². The Balaban J connectivity index is 1.57. The number of nitrogens with two attached hydrogens (primary N) is 1. The number of aryl methyl sites for hydroxylation is 1. The largest absolute Gasteiger partial charge is 0.494 e. The summed E-state index contributed by atoms with van der Waals surface area (Å²) in [6.45, 7) is 3.31. The number of H-pyrrole nitrogens is 1. The van der Waals surface area contributed by atoms with E-state index < -0.39 is 0 Å². The molecule has 1 saturated carbocycles. The Labute approximate surface area is 165 Å². The predicted octanol–water partition coefficient (Wildman–Crippen LogP) is 4.18. The number of fused-ring (bicyclic) bond motifs is 1. The molecule has 3 aromatic rings. The first-order valence-electron chi connectivity index (χ1n) is 10.2. The molecule has 0 bridgehead atoms. The van der Waals surface area contributed by atoms with Gasteiger partial charge in [0.25, 0.3) is 0 Å². The number of aromatic amines is 1. The van der Waals surface area contributed by atoms with Crippen molar-refractivity contribution in [2.75, 3.05) is 18.5 Å². The number of anilines is 2. The van der Waals surface area contributed by atoms with Gasteiger partial charge in [0, 0.05) is 11.6 Å². The summed E-state index contributed by atoms with van der Waals surface area (Å²) in [5.74, 6) is 1.92. The first-order chi connectivity index (χ1) is 13.7. The highest BCUT2D eigenvalue weighted by Crippen LogP contribution is 2.35. The van der Waals surface area contributed by atoms with Crippen LogP contribution in [-0.2, 0) is 0 Å². The predicted molar refractivity (Wildman–Crippen MR) is 111 cm³/mol. The molecular weight excluding hydrogens is 352 g/mol. The van der Waals surface area contributed by atoms with Crippen LogP contribution in [0, 0.1) is 6.92 Å². The number of aromatic nitrogens is 4. The quantitative estimate of drug-likeness (QED) is 0.532. The standard InChI is InChI=1S/C21H28N6O/c1-14-12-16(28-11-5-10-22)8-9-17(14)25-21-26-18(15-6-3-2-4-7-15)19-20(27-21)24-13-23-19/h8-9,12-13,15H,2-7,10-11,22H2,1H3,(H2,23,24,25,26,27). The molecule has 0 aliphatic heterocycles. The summed E-state index contributed by atoms with van der Waals surface area (Å²) in [6, 6.07) is 5.99. The van der Waals surface area contributed by atoms with Crippen molar-refractivity contribution in [3.63, 3.8) is 0 Å². The third-order valence-corrected chi connectivity index (χ3v) is 5.37. The molecule has 0 radical (unpaired) electrons. The maximum Gasteiger partial charge on any atom is 0.229 e. The van der Waals surface area contributed by atoms with Crippen LogP contribution >= 0.6 is 0 Å². The van der Waals surface area contributed by atoms with E-state index in [-0.39, 0.29) is 0 Å². The summed E-state index contributed by atoms with van der Waals surface area (Å²) in [5, 5.41) is 3.38. The van der Waals surface area contributed by atoms with Gasteiger partial charge in [0.1, 0.15) is 11.3 Å². The number of ether oxygens (including phenoxy) is 1. The fraction of sp³-hybridized carbons (Fsp3) is 0.476. The molecule has 1 aliphatic carbocycles. The van der Waals surface area contributed by atoms with Crippen LogP contribution in [0.15, 0.2) is 24.5 Å². The zero-order valence-electron chi connectivity index (χ0n) is 16.4. The van der Waals surface area contributed by atoms with Crippen LogP contribution in [-0.4, -0.2) is 33.1 Å². The summed E-state index contributed by atoms with van der Waals surface area (Å²) in [7, 11) is 0. The zero-order valence-corrected chi connectivity index (χ0v) is 16.4. The van der Waals surface area contributed by atoms with Gasteiger partial charge in [0.15, 0.2) is 5.65 Å². The molecular formula is C21H28N6O. The summed E-state index contributed by atoms with van der Waals surface area (Å²) < 4.78 is 5.72. The number of hydrogen-bond acceptors (Lipinski definition) is 6. The summed E-state index contributed by atoms with van der Waals surface area (Å²) >= 11 is 0. The van der Waals surface area contributed by atoms with E-state index in [0.717, 1.165) is 40.3 Å². The molecule has 4 rings (SSSR count). The maximum absolute atomic E-state index is 5.72. The van der Waals surface area contributed by atoms with Crippen LogP contribution in [0.3, 0.4) is 0 Å². The molecule has 1 aromatic carbocycles. The van der Waals surface area contributed by atoms with Crippen molar-refractivity contribution in [1.82, 2.24) is 19.9 Å². The summed E-state index contributed by atoms with van der Waals surface area (Å²) in [5.41, 5.74) is 10.3. The van der Waals surface area contributed by atoms with E-state index in [9.17, 15) is 0 Å². The molecule has 0 saturated heterocycles. The Morgan fingerprint density at radius 1 is 1.21 bits per heavy atom. The molecule has 1 aliphatic rings. The van der Waals surface area contributed by atoms with Crippen LogP contribution < -0.4 is 15.8 Å². The smallest absolute Gasteiger partial charge is 0.229 e. The minimum Gasteiger partial charge on any atom is -0.494 e. The van der Waals surface area contributed by atoms with Gasteiger partial charge in [-0.3, -0.25) is 0 Å². The zero-order chi connectivity index (χ0) is 19.3. The van der Waals surface area contributed by atoms with Crippen LogP contribution in [0.2, 0.25) is 0 Å². The first kappa shape index (κ1) is 18.7. The molecule has 0 unspecified atom stereocenters. The molecule has 28 heavy (non-hydrogen) atoms. The Kier molecular flexibility index (Phi) is 5.71. The van der Waals surface area contributed by atoms with Gasteiger partial charge in [-0.1, -0.05) is 19.3 Å². The van der Waals surface area contributed by atoms with Crippen molar-refractivity contribution in [3.8, 4) is 5.75 Å². The maximum atomic E-state index is 5.72. The first-order valence-corrected chi connectivity index (χ1v) is 10.2. The third-order valence-electron chi connectivity index (χ3n) is 5.37. The van der Waals surface area contributed by atoms with Crippen LogP contribution in [0.4, 0.5) is 11.6 Å². The lowest BCUT2D eigenvalue weighted by Crippen LogP contribution is -2.10. The SMILES string of the molecule is Cc1cc(OCCCN)ccc1Nc1nc(C2CCCCC2)c2[nH]cnc2n1. The second-order valence-corrected chi connectivity index (χ2v) is 7.46. The van der Waals surface area contributed by atoms with Gasteiger partial charge in [-0.05, 0) is 56.5 Å². The number of rotatable bonds is 7. The van der Waals surface area contributed by atoms with Gasteiger partial charge in [0.2, 0.25) is 5.95 Å². The van der Waals surface area contributed by atoms with E-state index in [1.165, 1.54) is 32.1 Å². The van der Waals surface area contributed by atoms with Crippen molar-refractivity contribution in [2.24, 2.45) is 5.73 Å². The lowest BCUT2D eigenvalue weighted by molar-refractivity contribution is 0.313. The van der Waals surface area contributed by atoms with Crippen molar-refractivity contribution in [2.45, 2.75) is 51.4 Å². The van der Waals surface area contributed by atoms with E-state index >= 15 is 0 Å². The van der Waals surface area contributed by atoms with Crippen LogP contribution in [0.25, 0.3) is 11.2 Å². The van der Waals surface area contributed by atoms with Crippen LogP contribution in [0.1, 0.15) is 55.7 Å². The van der Waals surface area contributed by atoms with E-state index in [1.54, 1.807) is 6.33 Å². The van der Waals surface area contributed by atoms with Crippen molar-refractivity contribution >= 4 is 22.8 Å². The van der Waals surface area contributed by atoms with Gasteiger partial charge in [-0.2, -0.15) is 4.98 Å². The van der Waals surface area contributed by atoms with E-state index in [2.05, 4.69) is 20.3 Å². The van der Waals surface area contributed by atoms with Crippen molar-refractivity contribution < 1.29 is 4.74 Å². The second-order valence-electron chi connectivity index (χ2n) is 7.46. The highest BCUT2D eigenvalue weighted by atomic mass is 16.5. The third kappa shape index (κ3) is 4.09. The van der Waals surface area contributed by atoms with Gasteiger partial charge < -0.3 is 20.8 Å². The normalized spacial score (nSPS) is 15.1. The monoisotopic (exact) mass is 380 g/mol. The number of nitrogens with zero attached hydrogens (tertiary/aromatic N) is 3. The number of nitrogens with one attached hydrogen (secondary N) is 2. The average Bonchev–Trinajstić information content (AvgIpc) is 3.19. The Morgan fingerprint density at radius 3 is 2.86 bits per heavy atom. The van der Waals surface area contributed by atoms with Crippen molar-refractivity contribution in [1.29, 1.82) is 0 Å². The topological polar surface area (TPSA) is 102 Å². The van der Waals surface area contributed by atoms with Crippen molar-refractivity contribution in [3.05, 3.63) is 35.8 Å². The van der Waals surface area contributed by atoms with Crippen LogP contribution in [0.5, 0.6) is 5.75 Å². The molecule has 0 atom stereocenters. The van der Waals surface area contributed by atoms with Gasteiger partial charge >= 0.3 is 0 Å². The Morgan fingerprint density at radius 2 is 2.07 bits per heavy atom. The number of hydrogen-bond donors (Lipinski definition) is 3. The molecule has 7 nitrogen and oxygen atoms in total. The summed E-state index contributed by atoms with van der Waals surface area (Å²) in [4.78, 5) is 17.1. The lowest BCUT2D eigenvalue weighted by atomic mass is 9.86. The molecule has 1 fully saturated rings. The molecule has 2 heterocycles. The average molecular weight is 380 g/mol. The fourth-order valence-electron chi connectivity index (χ4n) is 3.84. The molecule has 2 aromatic heterocycles. The van der Waals surface area contributed by atoms with Gasteiger partial charge in [0.05, 0.1) is 18.6 Å². The molecule has 148 valence electrons. The molecule has 0 spiro atoms. The number of imidazole rings is 1. The molecule has 4 N–H and O–H groups in total. The highest BCUT2D eigenvalue weighted by molar-refractivity contribution is 5.75. The molecule has 0 amide bonds. The highest BCUT2D eigenvalue weighted by Gasteiger charge is 2.22. The summed E-state index contributed by atoms with van der Waals surface area (Å²) in [6.07, 6.45) is 8.75. The van der Waals surface area contributed by atoms with E-state index in [0.29, 0.717) is 25.0 Å².